The Balaban J connectivity index is 0.000000161. The van der Waals surface area contributed by atoms with Gasteiger partial charge in [0, 0.05) is 42.0 Å². The van der Waals surface area contributed by atoms with Crippen molar-refractivity contribution in [3.63, 3.8) is 0 Å². The van der Waals surface area contributed by atoms with Crippen LogP contribution in [0.5, 0.6) is 0 Å². The molecule has 3 heterocycles. The zero-order valence-electron chi connectivity index (χ0n) is 27.9. The Morgan fingerprint density at radius 3 is 1.92 bits per heavy atom. The summed E-state index contributed by atoms with van der Waals surface area (Å²) < 4.78 is 0. The zero-order valence-corrected chi connectivity index (χ0v) is 27.9. The molecule has 7 rings (SSSR count). The summed E-state index contributed by atoms with van der Waals surface area (Å²) in [6.45, 7) is 9.82. The molecule has 6 aromatic rings. The van der Waals surface area contributed by atoms with E-state index in [4.69, 9.17) is 0 Å². The molecule has 6 heteroatoms. The number of hydrogen-bond acceptors (Lipinski definition) is 4. The Kier molecular flexibility index (Phi) is 11.4. The highest BCUT2D eigenvalue weighted by molar-refractivity contribution is 6.07. The van der Waals surface area contributed by atoms with Crippen LogP contribution in [-0.4, -0.2) is 27.8 Å². The smallest absolute Gasteiger partial charge is 0.229 e. The van der Waals surface area contributed by atoms with Gasteiger partial charge in [-0.2, -0.15) is 0 Å². The minimum Gasteiger partial charge on any atom is -0.324 e. The van der Waals surface area contributed by atoms with Gasteiger partial charge >= 0.3 is 0 Å². The lowest BCUT2D eigenvalue weighted by molar-refractivity contribution is -0.124. The largest absolute Gasteiger partial charge is 0.324 e. The van der Waals surface area contributed by atoms with Gasteiger partial charge in [0.05, 0.1) is 22.4 Å². The molecular formula is C42H42N4O2. The van der Waals surface area contributed by atoms with E-state index in [0.29, 0.717) is 12.8 Å². The lowest BCUT2D eigenvalue weighted by Gasteiger charge is -2.41. The molecule has 4 aromatic carbocycles. The first kappa shape index (κ1) is 33.7. The number of nitrogens with one attached hydrogen (secondary N) is 1. The Labute approximate surface area is 283 Å². The number of aryl methyl sites for hydroxylation is 4. The van der Waals surface area contributed by atoms with Gasteiger partial charge in [0.1, 0.15) is 0 Å². The molecule has 0 spiro atoms. The Morgan fingerprint density at radius 1 is 0.771 bits per heavy atom. The number of amides is 2. The number of aromatic nitrogens is 2. The fourth-order valence-corrected chi connectivity index (χ4v) is 5.59. The summed E-state index contributed by atoms with van der Waals surface area (Å²) in [6.07, 6.45) is 8.00. The average Bonchev–Trinajstić information content (AvgIpc) is 3.10. The van der Waals surface area contributed by atoms with E-state index in [1.165, 1.54) is 22.3 Å². The molecule has 0 saturated carbocycles. The number of anilines is 2. The van der Waals surface area contributed by atoms with Crippen LogP contribution < -0.4 is 10.2 Å². The number of rotatable bonds is 7. The molecule has 0 aliphatic carbocycles. The first-order valence-electron chi connectivity index (χ1n) is 16.3. The van der Waals surface area contributed by atoms with Crippen LogP contribution in [0.25, 0.3) is 21.8 Å². The maximum absolute atomic E-state index is 12.2. The summed E-state index contributed by atoms with van der Waals surface area (Å²) in [5, 5.41) is 4.90. The van der Waals surface area contributed by atoms with Gasteiger partial charge in [-0.15, -0.1) is 6.58 Å². The molecule has 1 aliphatic heterocycles. The number of fused-ring (bicyclic) bond motifs is 2. The van der Waals surface area contributed by atoms with Gasteiger partial charge in [-0.25, -0.2) is 0 Å². The second-order valence-corrected chi connectivity index (χ2v) is 12.1. The van der Waals surface area contributed by atoms with Crippen molar-refractivity contribution in [2.75, 3.05) is 10.2 Å². The standard InChI is InChI=1S/C21H20N2O.C13H12N2O.C8H10/c1-15-7-9-16(10-8-15)11-12-18-14-20(24)23(18)19-6-2-4-17-5-3-13-22-21(17)19;1-2-5-12(16)15-11-8-3-6-10-7-4-9-14-13(10)11;1-7-3-5-8(2)6-4-7/h2-10,13,18H,11-12,14H2,1H3;2-4,6-9H,1,5H2,(H,15,16);3-6H,1-2H3. The van der Waals surface area contributed by atoms with Crippen LogP contribution in [0.1, 0.15) is 41.5 Å². The van der Waals surface area contributed by atoms with Crippen molar-refractivity contribution in [1.82, 2.24) is 9.97 Å². The minimum absolute atomic E-state index is 0.0758. The molecule has 6 nitrogen and oxygen atoms in total. The lowest BCUT2D eigenvalue weighted by Crippen LogP contribution is -2.53. The van der Waals surface area contributed by atoms with E-state index in [1.807, 2.05) is 65.6 Å². The van der Waals surface area contributed by atoms with Crippen LogP contribution >= 0.6 is 0 Å². The fraction of sp³-hybridized carbons (Fsp3) is 0.190. The van der Waals surface area contributed by atoms with Crippen molar-refractivity contribution in [3.8, 4) is 0 Å². The van der Waals surface area contributed by atoms with Crippen molar-refractivity contribution in [2.24, 2.45) is 0 Å². The van der Waals surface area contributed by atoms with Crippen molar-refractivity contribution < 1.29 is 9.59 Å². The van der Waals surface area contributed by atoms with Gasteiger partial charge in [0.25, 0.3) is 0 Å². The Hall–Kier alpha value is -5.62. The van der Waals surface area contributed by atoms with Crippen molar-refractivity contribution in [2.45, 2.75) is 52.5 Å². The van der Waals surface area contributed by atoms with E-state index in [2.05, 4.69) is 91.2 Å². The molecule has 1 saturated heterocycles. The predicted octanol–water partition coefficient (Wildman–Crippen LogP) is 9.33. The van der Waals surface area contributed by atoms with Crippen LogP contribution in [0, 0.1) is 20.8 Å². The van der Waals surface area contributed by atoms with Gasteiger partial charge in [-0.05, 0) is 63.4 Å². The number of nitrogens with zero attached hydrogens (tertiary/aromatic N) is 3. The number of β-lactam (4-membered cyclic amide) rings is 1. The molecule has 1 atom stereocenters. The molecule has 0 bridgehead atoms. The monoisotopic (exact) mass is 634 g/mol. The van der Waals surface area contributed by atoms with Crippen LogP contribution in [0.15, 0.2) is 134 Å². The highest BCUT2D eigenvalue weighted by atomic mass is 16.2. The highest BCUT2D eigenvalue weighted by Gasteiger charge is 2.37. The van der Waals surface area contributed by atoms with Gasteiger partial charge in [0.2, 0.25) is 11.8 Å². The predicted molar refractivity (Wildman–Crippen MR) is 198 cm³/mol. The molecule has 0 radical (unpaired) electrons. The topological polar surface area (TPSA) is 75.2 Å². The third-order valence-corrected chi connectivity index (χ3v) is 8.26. The maximum Gasteiger partial charge on any atom is 0.229 e. The highest BCUT2D eigenvalue weighted by Crippen LogP contribution is 2.34. The normalized spacial score (nSPS) is 13.4. The van der Waals surface area contributed by atoms with E-state index in [0.717, 1.165) is 46.0 Å². The Bertz CT molecular complexity index is 1970. The molecule has 48 heavy (non-hydrogen) atoms. The lowest BCUT2D eigenvalue weighted by atomic mass is 9.93. The third-order valence-electron chi connectivity index (χ3n) is 8.26. The molecule has 1 unspecified atom stereocenters. The van der Waals surface area contributed by atoms with Crippen LogP contribution in [0.3, 0.4) is 0 Å². The zero-order chi connectivity index (χ0) is 33.9. The number of hydrogen-bond donors (Lipinski definition) is 1. The van der Waals surface area contributed by atoms with Crippen molar-refractivity contribution in [1.29, 1.82) is 0 Å². The second-order valence-electron chi connectivity index (χ2n) is 12.1. The molecule has 1 aliphatic rings. The van der Waals surface area contributed by atoms with Crippen molar-refractivity contribution >= 4 is 45.0 Å². The van der Waals surface area contributed by atoms with E-state index in [1.54, 1.807) is 18.5 Å². The maximum atomic E-state index is 12.2. The number of para-hydroxylation sites is 2. The first-order valence-corrected chi connectivity index (χ1v) is 16.3. The summed E-state index contributed by atoms with van der Waals surface area (Å²) >= 11 is 0. The quantitative estimate of drug-likeness (QED) is 0.140. The summed E-state index contributed by atoms with van der Waals surface area (Å²) in [4.78, 5) is 34.4. The summed E-state index contributed by atoms with van der Waals surface area (Å²) in [5.41, 5.74) is 8.67. The Morgan fingerprint density at radius 2 is 1.31 bits per heavy atom. The molecule has 1 N–H and O–H groups in total. The molecule has 2 aromatic heterocycles. The molecular weight excluding hydrogens is 592 g/mol. The molecule has 242 valence electrons. The van der Waals surface area contributed by atoms with Gasteiger partial charge in [-0.1, -0.05) is 108 Å². The van der Waals surface area contributed by atoms with Crippen LogP contribution in [0.4, 0.5) is 11.4 Å². The molecule has 1 fully saturated rings. The van der Waals surface area contributed by atoms with E-state index in [-0.39, 0.29) is 17.9 Å². The minimum atomic E-state index is -0.0758. The van der Waals surface area contributed by atoms with Gasteiger partial charge in [0.15, 0.2) is 0 Å². The number of carbonyl (C=O) groups excluding carboxylic acids is 2. The fourth-order valence-electron chi connectivity index (χ4n) is 5.59. The first-order chi connectivity index (χ1) is 23.3. The third kappa shape index (κ3) is 8.80. The average molecular weight is 635 g/mol. The van der Waals surface area contributed by atoms with Crippen LogP contribution in [-0.2, 0) is 16.0 Å². The van der Waals surface area contributed by atoms with Gasteiger partial charge in [-0.3, -0.25) is 19.6 Å². The van der Waals surface area contributed by atoms with E-state index in [9.17, 15) is 9.59 Å². The molecule has 2 amide bonds. The van der Waals surface area contributed by atoms with Crippen molar-refractivity contribution in [3.05, 3.63) is 156 Å². The van der Waals surface area contributed by atoms with E-state index < -0.39 is 0 Å². The number of carbonyl (C=O) groups is 2. The number of benzene rings is 4. The van der Waals surface area contributed by atoms with Crippen LogP contribution in [0.2, 0.25) is 0 Å². The van der Waals surface area contributed by atoms with Gasteiger partial charge < -0.3 is 10.2 Å². The summed E-state index contributed by atoms with van der Waals surface area (Å²) in [5.74, 6) is 0.121. The second kappa shape index (κ2) is 16.3. The van der Waals surface area contributed by atoms with E-state index >= 15 is 0 Å². The SMILES string of the molecule is C=CCC(=O)Nc1cccc2cccnc12.Cc1ccc(C)cc1.Cc1ccc(CCC2CC(=O)N2c2cccc3cccnc23)cc1. The number of pyridine rings is 2. The summed E-state index contributed by atoms with van der Waals surface area (Å²) in [7, 11) is 0. The summed E-state index contributed by atoms with van der Waals surface area (Å²) in [6, 6.07) is 37.0.